The van der Waals surface area contributed by atoms with Gasteiger partial charge in [0.1, 0.15) is 5.52 Å². The third-order valence-corrected chi connectivity index (χ3v) is 7.03. The summed E-state index contributed by atoms with van der Waals surface area (Å²) in [6.07, 6.45) is 8.77. The number of fused-ring (bicyclic) bond motifs is 4. The highest BCUT2D eigenvalue weighted by molar-refractivity contribution is 6.06. The van der Waals surface area contributed by atoms with Gasteiger partial charge in [-0.1, -0.05) is 55.5 Å². The Hall–Kier alpha value is -3.97. The van der Waals surface area contributed by atoms with Crippen LogP contribution in [0.3, 0.4) is 0 Å². The van der Waals surface area contributed by atoms with E-state index < -0.39 is 0 Å². The summed E-state index contributed by atoms with van der Waals surface area (Å²) in [5, 5.41) is 3.32. The predicted molar refractivity (Wildman–Crippen MR) is 147 cm³/mol. The van der Waals surface area contributed by atoms with Crippen molar-refractivity contribution in [3.63, 3.8) is 0 Å². The number of imidazole rings is 1. The molecule has 2 aromatic carbocycles. The molecule has 6 rings (SSSR count). The molecule has 0 radical (unpaired) electrons. The van der Waals surface area contributed by atoms with Gasteiger partial charge in [0.15, 0.2) is 0 Å². The van der Waals surface area contributed by atoms with Crippen molar-refractivity contribution in [1.29, 1.82) is 0 Å². The second-order valence-corrected chi connectivity index (χ2v) is 9.53. The van der Waals surface area contributed by atoms with E-state index in [2.05, 4.69) is 36.1 Å². The summed E-state index contributed by atoms with van der Waals surface area (Å²) in [6.45, 7) is 4.09. The van der Waals surface area contributed by atoms with Crippen LogP contribution in [0, 0.1) is 0 Å². The number of nitrogens with two attached hydrogens (primary N) is 1. The molecule has 4 heterocycles. The lowest BCUT2D eigenvalue weighted by Crippen LogP contribution is -2.43. The van der Waals surface area contributed by atoms with Crippen LogP contribution >= 0.6 is 0 Å². The molecule has 1 atom stereocenters. The van der Waals surface area contributed by atoms with E-state index in [0.29, 0.717) is 17.6 Å². The number of anilines is 1. The zero-order valence-corrected chi connectivity index (χ0v) is 20.5. The predicted octanol–water partition coefficient (Wildman–Crippen LogP) is 4.76. The second-order valence-electron chi connectivity index (χ2n) is 9.53. The first-order valence-electron chi connectivity index (χ1n) is 12.7. The fraction of sp³-hybridized carbons (Fsp3) is 0.276. The summed E-state index contributed by atoms with van der Waals surface area (Å²) in [5.74, 6) is 0.786. The highest BCUT2D eigenvalue weighted by Crippen LogP contribution is 2.27. The Labute approximate surface area is 209 Å². The van der Waals surface area contributed by atoms with Crippen LogP contribution in [-0.4, -0.2) is 38.2 Å². The van der Waals surface area contributed by atoms with Gasteiger partial charge in [-0.3, -0.25) is 14.3 Å². The molecule has 1 fully saturated rings. The van der Waals surface area contributed by atoms with Gasteiger partial charge >= 0.3 is 0 Å². The normalized spacial score (nSPS) is 16.6. The van der Waals surface area contributed by atoms with Gasteiger partial charge in [0.05, 0.1) is 23.3 Å². The van der Waals surface area contributed by atoms with Crippen molar-refractivity contribution in [2.24, 2.45) is 5.73 Å². The van der Waals surface area contributed by atoms with Crippen LogP contribution in [0.4, 0.5) is 5.95 Å². The quantitative estimate of drug-likeness (QED) is 0.369. The molecular formula is C29H30N6O. The van der Waals surface area contributed by atoms with Crippen molar-refractivity contribution in [3.8, 4) is 0 Å². The Morgan fingerprint density at radius 1 is 1.00 bits per heavy atom. The van der Waals surface area contributed by atoms with Crippen LogP contribution in [0.25, 0.3) is 38.9 Å². The molecule has 5 aromatic rings. The molecule has 1 unspecified atom stereocenters. The zero-order chi connectivity index (χ0) is 24.6. The fourth-order valence-electron chi connectivity index (χ4n) is 5.28. The Bertz CT molecular complexity index is 1660. The Morgan fingerprint density at radius 3 is 2.58 bits per heavy atom. The van der Waals surface area contributed by atoms with Crippen LogP contribution in [0.15, 0.2) is 71.7 Å². The molecule has 7 heteroatoms. The van der Waals surface area contributed by atoms with Crippen molar-refractivity contribution in [1.82, 2.24) is 19.1 Å². The first-order valence-corrected chi connectivity index (χ1v) is 12.7. The Balaban J connectivity index is 1.50. The van der Waals surface area contributed by atoms with Crippen molar-refractivity contribution in [2.45, 2.75) is 38.8 Å². The molecule has 0 aliphatic carbocycles. The molecule has 1 saturated heterocycles. The van der Waals surface area contributed by atoms with Crippen molar-refractivity contribution < 1.29 is 0 Å². The lowest BCUT2D eigenvalue weighted by atomic mass is 10.0. The molecule has 1 aliphatic heterocycles. The van der Waals surface area contributed by atoms with E-state index in [-0.39, 0.29) is 11.6 Å². The first-order chi connectivity index (χ1) is 17.6. The Morgan fingerprint density at radius 2 is 1.78 bits per heavy atom. The third-order valence-electron chi connectivity index (χ3n) is 7.03. The molecule has 0 spiro atoms. The lowest BCUT2D eigenvalue weighted by molar-refractivity contribution is 0.499. The molecule has 7 nitrogen and oxygen atoms in total. The fourth-order valence-corrected chi connectivity index (χ4v) is 5.28. The molecular weight excluding hydrogens is 448 g/mol. The van der Waals surface area contributed by atoms with E-state index in [0.717, 1.165) is 65.7 Å². The molecule has 3 aromatic heterocycles. The van der Waals surface area contributed by atoms with Gasteiger partial charge in [0.2, 0.25) is 5.95 Å². The van der Waals surface area contributed by atoms with Gasteiger partial charge in [0, 0.05) is 42.3 Å². The molecule has 0 amide bonds. The number of hydrogen-bond acceptors (Lipinski definition) is 5. The lowest BCUT2D eigenvalue weighted by Gasteiger charge is -2.31. The van der Waals surface area contributed by atoms with E-state index in [9.17, 15) is 4.79 Å². The van der Waals surface area contributed by atoms with Gasteiger partial charge < -0.3 is 15.2 Å². The average molecular weight is 479 g/mol. The van der Waals surface area contributed by atoms with Gasteiger partial charge in [-0.05, 0) is 36.8 Å². The van der Waals surface area contributed by atoms with Crippen LogP contribution in [0.2, 0.25) is 0 Å². The standard InChI is InChI=1S/C29H30N6O/c1-2-3-16-35-27-25(32-29(35)34-15-8-9-20(30)18-34)14-17-33(28(27)36)19-26-23-12-5-4-10-21(23)22-11-6-7-13-24(22)31-26/h3-7,10-14,16-17,20H,2,8-9,15,18-19,30H2,1H3/b16-3+. The van der Waals surface area contributed by atoms with Crippen molar-refractivity contribution in [3.05, 3.63) is 82.9 Å². The van der Waals surface area contributed by atoms with Crippen LogP contribution in [0.1, 0.15) is 31.9 Å². The summed E-state index contributed by atoms with van der Waals surface area (Å²) in [4.78, 5) is 25.9. The van der Waals surface area contributed by atoms with E-state index >= 15 is 0 Å². The van der Waals surface area contributed by atoms with Gasteiger partial charge in [-0.15, -0.1) is 0 Å². The number of piperidine rings is 1. The van der Waals surface area contributed by atoms with E-state index in [1.165, 1.54) is 0 Å². The maximum atomic E-state index is 13.9. The number of rotatable bonds is 5. The summed E-state index contributed by atoms with van der Waals surface area (Å²) in [6, 6.07) is 18.5. The summed E-state index contributed by atoms with van der Waals surface area (Å²) >= 11 is 0. The molecule has 36 heavy (non-hydrogen) atoms. The summed E-state index contributed by atoms with van der Waals surface area (Å²) < 4.78 is 3.69. The van der Waals surface area contributed by atoms with E-state index in [1.54, 1.807) is 4.57 Å². The van der Waals surface area contributed by atoms with Gasteiger partial charge in [-0.25, -0.2) is 4.98 Å². The molecule has 0 saturated carbocycles. The second kappa shape index (κ2) is 9.24. The summed E-state index contributed by atoms with van der Waals surface area (Å²) in [7, 11) is 0. The zero-order valence-electron chi connectivity index (χ0n) is 20.5. The maximum Gasteiger partial charge on any atom is 0.277 e. The number of pyridine rings is 2. The van der Waals surface area contributed by atoms with Crippen LogP contribution < -0.4 is 16.2 Å². The van der Waals surface area contributed by atoms with E-state index in [1.807, 2.05) is 53.4 Å². The van der Waals surface area contributed by atoms with Crippen molar-refractivity contribution >= 4 is 44.9 Å². The van der Waals surface area contributed by atoms with Crippen LogP contribution in [0.5, 0.6) is 0 Å². The number of aromatic nitrogens is 4. The highest BCUT2D eigenvalue weighted by Gasteiger charge is 2.23. The molecule has 1 aliphatic rings. The minimum Gasteiger partial charge on any atom is -0.340 e. The number of allylic oxidation sites excluding steroid dienone is 1. The SMILES string of the molecule is CC/C=C/n1c(N2CCCC(N)C2)nc2ccn(Cc3nc4ccccc4c4ccccc34)c(=O)c21. The minimum absolute atomic E-state index is 0.0765. The summed E-state index contributed by atoms with van der Waals surface area (Å²) in [5.41, 5.74) is 9.28. The third kappa shape index (κ3) is 3.85. The topological polar surface area (TPSA) is 82.0 Å². The van der Waals surface area contributed by atoms with Gasteiger partial charge in [-0.2, -0.15) is 0 Å². The van der Waals surface area contributed by atoms with Gasteiger partial charge in [0.25, 0.3) is 5.56 Å². The number of para-hydroxylation sites is 1. The number of benzene rings is 2. The molecule has 0 bridgehead atoms. The Kier molecular flexibility index (Phi) is 5.77. The van der Waals surface area contributed by atoms with E-state index in [4.69, 9.17) is 15.7 Å². The first kappa shape index (κ1) is 22.5. The number of hydrogen-bond donors (Lipinski definition) is 1. The molecule has 182 valence electrons. The minimum atomic E-state index is -0.0765. The largest absolute Gasteiger partial charge is 0.340 e. The van der Waals surface area contributed by atoms with Crippen LogP contribution in [-0.2, 0) is 6.54 Å². The highest BCUT2D eigenvalue weighted by atomic mass is 16.1. The smallest absolute Gasteiger partial charge is 0.277 e. The average Bonchev–Trinajstić information content (AvgIpc) is 3.28. The van der Waals surface area contributed by atoms with Crippen molar-refractivity contribution in [2.75, 3.05) is 18.0 Å². The monoisotopic (exact) mass is 478 g/mol. The molecule has 2 N–H and O–H groups in total. The maximum absolute atomic E-state index is 13.9. The number of nitrogens with zero attached hydrogens (tertiary/aromatic N) is 5.